The molecule has 2 unspecified atom stereocenters. The van der Waals surface area contributed by atoms with E-state index in [1.807, 2.05) is 36.4 Å². The molecule has 14 nitrogen and oxygen atoms in total. The second kappa shape index (κ2) is 21.0. The normalized spacial score (nSPS) is 18.9. The molecule has 316 valence electrons. The summed E-state index contributed by atoms with van der Waals surface area (Å²) in [7, 11) is 3.39. The first kappa shape index (κ1) is 43.1. The monoisotopic (exact) mass is 810 g/mol. The molecule has 3 heterocycles. The van der Waals surface area contributed by atoms with Crippen molar-refractivity contribution in [3.63, 3.8) is 0 Å². The van der Waals surface area contributed by atoms with Crippen LogP contribution < -0.4 is 19.3 Å². The van der Waals surface area contributed by atoms with Gasteiger partial charge in [0, 0.05) is 81.8 Å². The molecule has 3 aliphatic rings. The largest absolute Gasteiger partial charge is 0.495 e. The zero-order valence-electron chi connectivity index (χ0n) is 34.8. The Morgan fingerprint density at radius 3 is 1.76 bits per heavy atom. The van der Waals surface area contributed by atoms with Crippen molar-refractivity contribution in [1.29, 1.82) is 0 Å². The van der Waals surface area contributed by atoms with Crippen LogP contribution in [-0.4, -0.2) is 125 Å². The first-order valence-corrected chi connectivity index (χ1v) is 20.7. The van der Waals surface area contributed by atoms with E-state index >= 15 is 0 Å². The molecule has 14 heteroatoms. The fourth-order valence-corrected chi connectivity index (χ4v) is 8.39. The van der Waals surface area contributed by atoms with E-state index in [0.717, 1.165) is 101 Å². The van der Waals surface area contributed by atoms with Gasteiger partial charge < -0.3 is 28.7 Å². The summed E-state index contributed by atoms with van der Waals surface area (Å²) in [5, 5.41) is 11.8. The minimum absolute atomic E-state index is 0.132. The number of hydrogen-bond donors (Lipinski definition) is 0. The lowest BCUT2D eigenvalue weighted by Gasteiger charge is -2.36. The number of carbonyl (C=O) groups is 2. The summed E-state index contributed by atoms with van der Waals surface area (Å²) in [4.78, 5) is 53.3. The Bertz CT molecular complexity index is 1970. The lowest BCUT2D eigenvalue weighted by atomic mass is 9.75. The molecule has 0 aliphatic carbocycles. The Morgan fingerprint density at radius 2 is 1.24 bits per heavy atom. The maximum absolute atomic E-state index is 13.9. The van der Waals surface area contributed by atoms with E-state index in [4.69, 9.17) is 18.9 Å². The number of unbranched alkanes of at least 4 members (excludes halogenated alkanes) is 2. The summed E-state index contributed by atoms with van der Waals surface area (Å²) in [6.07, 6.45) is 3.03. The first-order chi connectivity index (χ1) is 28.7. The Hall–Kier alpha value is -5.47. The van der Waals surface area contributed by atoms with Gasteiger partial charge in [-0.15, -0.1) is 0 Å². The Balaban J connectivity index is 1.00. The summed E-state index contributed by atoms with van der Waals surface area (Å²) in [5.41, 5.74) is 3.67. The van der Waals surface area contributed by atoms with E-state index in [1.54, 1.807) is 40.2 Å². The number of anilines is 2. The molecule has 0 N–H and O–H groups in total. The minimum atomic E-state index is -0.944. The average molecular weight is 811 g/mol. The van der Waals surface area contributed by atoms with Gasteiger partial charge in [0.2, 0.25) is 0 Å². The van der Waals surface area contributed by atoms with Crippen molar-refractivity contribution in [2.45, 2.75) is 45.4 Å². The third-order valence-corrected chi connectivity index (χ3v) is 11.6. The van der Waals surface area contributed by atoms with Gasteiger partial charge in [-0.2, -0.15) is 0 Å². The fraction of sp³-hybridized carbons (Fsp3) is 0.489. The van der Waals surface area contributed by atoms with Gasteiger partial charge in [-0.3, -0.25) is 29.7 Å². The van der Waals surface area contributed by atoms with E-state index in [2.05, 4.69) is 36.7 Å². The smallest absolute Gasteiger partial charge is 0.336 e. The number of nitro groups is 1. The van der Waals surface area contributed by atoms with Crippen molar-refractivity contribution in [2.75, 3.05) is 103 Å². The third-order valence-electron chi connectivity index (χ3n) is 11.6. The topological polar surface area (TPSA) is 140 Å². The second-order valence-corrected chi connectivity index (χ2v) is 15.3. The quantitative estimate of drug-likeness (QED) is 0.0612. The number of rotatable bonds is 18. The number of aliphatic imine (C=N–C) groups is 1. The number of nitrogens with zero attached hydrogens (tertiary/aromatic N) is 6. The number of hydrogen-bond acceptors (Lipinski definition) is 13. The summed E-state index contributed by atoms with van der Waals surface area (Å²) in [6.45, 7) is 12.9. The first-order valence-electron chi connectivity index (χ1n) is 20.7. The molecule has 2 saturated heterocycles. The zero-order chi connectivity index (χ0) is 41.7. The molecule has 2 atom stereocenters. The van der Waals surface area contributed by atoms with Crippen LogP contribution >= 0.6 is 0 Å². The molecule has 0 bridgehead atoms. The van der Waals surface area contributed by atoms with Gasteiger partial charge in [0.15, 0.2) is 0 Å². The van der Waals surface area contributed by atoms with Crippen LogP contribution in [0.5, 0.6) is 11.5 Å². The fourth-order valence-electron chi connectivity index (χ4n) is 8.39. The Morgan fingerprint density at radius 1 is 0.712 bits per heavy atom. The second-order valence-electron chi connectivity index (χ2n) is 15.3. The van der Waals surface area contributed by atoms with Crippen LogP contribution in [0.25, 0.3) is 0 Å². The molecule has 0 amide bonds. The van der Waals surface area contributed by atoms with Crippen molar-refractivity contribution < 1.29 is 33.5 Å². The molecule has 3 aliphatic heterocycles. The molecule has 3 aromatic carbocycles. The Labute approximate surface area is 347 Å². The van der Waals surface area contributed by atoms with Crippen molar-refractivity contribution in [3.8, 4) is 11.5 Å². The summed E-state index contributed by atoms with van der Waals surface area (Å²) in [6, 6.07) is 22.2. The molecule has 0 saturated carbocycles. The predicted octanol–water partition coefficient (Wildman–Crippen LogP) is 6.35. The highest BCUT2D eigenvalue weighted by Crippen LogP contribution is 2.41. The summed E-state index contributed by atoms with van der Waals surface area (Å²) >= 11 is 0. The number of allylic oxidation sites excluding steroid dienone is 1. The van der Waals surface area contributed by atoms with E-state index in [1.165, 1.54) is 12.1 Å². The van der Waals surface area contributed by atoms with Crippen LogP contribution in [0.15, 0.2) is 89.1 Å². The number of para-hydroxylation sites is 4. The number of esters is 2. The molecular weight excluding hydrogens is 753 g/mol. The Kier molecular flexibility index (Phi) is 15.3. The van der Waals surface area contributed by atoms with Crippen molar-refractivity contribution in [2.24, 2.45) is 10.9 Å². The van der Waals surface area contributed by atoms with Crippen LogP contribution in [0.4, 0.5) is 17.1 Å². The molecule has 6 rings (SSSR count). The lowest BCUT2D eigenvalue weighted by molar-refractivity contribution is -0.384. The van der Waals surface area contributed by atoms with Gasteiger partial charge in [0.05, 0.1) is 49.3 Å². The van der Waals surface area contributed by atoms with Crippen LogP contribution in [0.3, 0.4) is 0 Å². The van der Waals surface area contributed by atoms with Gasteiger partial charge in [0.25, 0.3) is 5.69 Å². The molecule has 0 radical (unpaired) electrons. The SMILES string of the molecule is COc1ccccc1N1CCN(CCCCOC(=O)C2=C(C)N=C(C)C(C(=O)OCCCCN3CCN(c4ccccc4OC)CC3)C2c2cccc([N+](=O)[O-])c2)CC1. The summed E-state index contributed by atoms with van der Waals surface area (Å²) < 4.78 is 22.8. The standard InChI is InChI=1S/C45H58N6O8/c1-33-41(44(52)58-30-11-9-20-47-22-26-49(27-23-47)37-16-5-7-18-39(37)56-3)43(35-14-13-15-36(32-35)51(54)55)42(34(2)46-33)45(53)59-31-12-10-21-48-24-28-50(29-25-48)38-17-6-8-19-40(38)57-4/h5-8,13-19,32,41,43H,9-12,20-31H2,1-4H3. The third kappa shape index (κ3) is 11.0. The maximum Gasteiger partial charge on any atom is 0.336 e. The van der Waals surface area contributed by atoms with Gasteiger partial charge in [-0.05, 0) is 82.4 Å². The zero-order valence-corrected chi connectivity index (χ0v) is 34.8. The number of nitro benzene ring substituents is 1. The molecule has 59 heavy (non-hydrogen) atoms. The number of piperazine rings is 2. The minimum Gasteiger partial charge on any atom is -0.495 e. The highest BCUT2D eigenvalue weighted by atomic mass is 16.6. The van der Waals surface area contributed by atoms with E-state index in [9.17, 15) is 19.7 Å². The van der Waals surface area contributed by atoms with E-state index in [0.29, 0.717) is 29.8 Å². The highest BCUT2D eigenvalue weighted by molar-refractivity contribution is 6.07. The van der Waals surface area contributed by atoms with Crippen molar-refractivity contribution in [1.82, 2.24) is 9.80 Å². The lowest BCUT2D eigenvalue weighted by Crippen LogP contribution is -2.46. The summed E-state index contributed by atoms with van der Waals surface area (Å²) in [5.74, 6) is -1.14. The maximum atomic E-state index is 13.9. The van der Waals surface area contributed by atoms with Crippen LogP contribution in [0, 0.1) is 16.0 Å². The van der Waals surface area contributed by atoms with E-state index < -0.39 is 28.7 Å². The number of benzene rings is 3. The number of carbonyl (C=O) groups excluding carboxylic acids is 2. The van der Waals surface area contributed by atoms with Gasteiger partial charge >= 0.3 is 11.9 Å². The van der Waals surface area contributed by atoms with Crippen LogP contribution in [0.1, 0.15) is 51.0 Å². The molecule has 0 aromatic heterocycles. The van der Waals surface area contributed by atoms with E-state index in [-0.39, 0.29) is 24.5 Å². The highest BCUT2D eigenvalue weighted by Gasteiger charge is 2.43. The molecule has 0 spiro atoms. The number of methoxy groups -OCH3 is 2. The number of non-ortho nitro benzene ring substituents is 1. The van der Waals surface area contributed by atoms with Gasteiger partial charge in [-0.25, -0.2) is 4.79 Å². The molecular formula is C45H58N6O8. The van der Waals surface area contributed by atoms with Gasteiger partial charge in [0.1, 0.15) is 17.4 Å². The molecule has 2 fully saturated rings. The predicted molar refractivity (Wildman–Crippen MR) is 229 cm³/mol. The van der Waals surface area contributed by atoms with Crippen molar-refractivity contribution >= 4 is 34.7 Å². The van der Waals surface area contributed by atoms with Crippen LogP contribution in [0.2, 0.25) is 0 Å². The number of ether oxygens (including phenoxy) is 4. The average Bonchev–Trinajstić information content (AvgIpc) is 3.26. The van der Waals surface area contributed by atoms with Gasteiger partial charge in [-0.1, -0.05) is 36.4 Å². The van der Waals surface area contributed by atoms with Crippen molar-refractivity contribution in [3.05, 3.63) is 99.7 Å². The van der Waals surface area contributed by atoms with Crippen LogP contribution in [-0.2, 0) is 19.1 Å². The molecule has 3 aromatic rings.